The van der Waals surface area contributed by atoms with Gasteiger partial charge >= 0.3 is 12.1 Å². The molecule has 1 heterocycles. The van der Waals surface area contributed by atoms with Gasteiger partial charge in [-0.15, -0.1) is 0 Å². The fourth-order valence-corrected chi connectivity index (χ4v) is 12.1. The lowest BCUT2D eigenvalue weighted by Crippen LogP contribution is -2.60. The van der Waals surface area contributed by atoms with Crippen LogP contribution >= 0.6 is 0 Å². The molecule has 28 nitrogen and oxygen atoms in total. The molecule has 98 heavy (non-hydrogen) atoms. The summed E-state index contributed by atoms with van der Waals surface area (Å²) in [5.41, 5.74) is 6.73. The van der Waals surface area contributed by atoms with E-state index in [1.165, 1.54) is 40.1 Å². The highest BCUT2D eigenvalue weighted by Crippen LogP contribution is 2.31. The maximum atomic E-state index is 14.8. The Labute approximate surface area is 578 Å². The van der Waals surface area contributed by atoms with Crippen LogP contribution in [-0.2, 0) is 68.8 Å². The zero-order valence-corrected chi connectivity index (χ0v) is 60.4. The highest BCUT2D eigenvalue weighted by atomic mass is 16.6. The summed E-state index contributed by atoms with van der Waals surface area (Å²) >= 11 is 0. The quantitative estimate of drug-likeness (QED) is 0.0419. The van der Waals surface area contributed by atoms with Crippen LogP contribution in [0.5, 0.6) is 0 Å². The number of rotatable bonds is 41. The van der Waals surface area contributed by atoms with Crippen molar-refractivity contribution < 1.29 is 76.9 Å². The third-order valence-corrected chi connectivity index (χ3v) is 17.9. The second-order valence-corrected chi connectivity index (χ2v) is 26.7. The number of urea groups is 1. The van der Waals surface area contributed by atoms with Gasteiger partial charge in [0.15, 0.2) is 0 Å². The number of nitrogens with two attached hydrogens (primary N) is 1. The number of methoxy groups -OCH3 is 2. The molecule has 1 fully saturated rings. The zero-order valence-electron chi connectivity index (χ0n) is 60.4. The summed E-state index contributed by atoms with van der Waals surface area (Å²) in [5, 5.41) is 30.1. The van der Waals surface area contributed by atoms with Crippen molar-refractivity contribution in [2.75, 3.05) is 66.9 Å². The Hall–Kier alpha value is -8.24. The van der Waals surface area contributed by atoms with Crippen LogP contribution in [0.1, 0.15) is 158 Å². The zero-order chi connectivity index (χ0) is 73.7. The third-order valence-electron chi connectivity index (χ3n) is 17.9. The van der Waals surface area contributed by atoms with Crippen molar-refractivity contribution in [3.05, 3.63) is 65.7 Å². The molecule has 1 aliphatic heterocycles. The first-order valence-corrected chi connectivity index (χ1v) is 34.1. The summed E-state index contributed by atoms with van der Waals surface area (Å²) in [6.07, 6.45) is -1.18. The number of likely N-dealkylation sites (tertiary alicyclic amines) is 1. The molecular formula is C70H112N12O16. The van der Waals surface area contributed by atoms with Gasteiger partial charge in [0.1, 0.15) is 36.6 Å². The van der Waals surface area contributed by atoms with Crippen LogP contribution in [0.25, 0.3) is 0 Å². The Kier molecular flexibility index (Phi) is 35.9. The molecule has 3 rings (SSSR count). The number of nitrogens with one attached hydrogen (secondary N) is 7. The van der Waals surface area contributed by atoms with Gasteiger partial charge in [0.05, 0.1) is 55.3 Å². The van der Waals surface area contributed by atoms with E-state index in [2.05, 4.69) is 37.2 Å². The number of carbonyl (C=O) groups excluding carboxylic acids is 12. The molecule has 0 radical (unpaired) electrons. The predicted molar refractivity (Wildman–Crippen MR) is 369 cm³/mol. The van der Waals surface area contributed by atoms with Crippen molar-refractivity contribution in [2.45, 2.75) is 208 Å². The average Bonchev–Trinajstić information content (AvgIpc) is 1.47. The van der Waals surface area contributed by atoms with Gasteiger partial charge in [-0.2, -0.15) is 0 Å². The maximum absolute atomic E-state index is 14.8. The first-order chi connectivity index (χ1) is 46.2. The van der Waals surface area contributed by atoms with Crippen LogP contribution in [-0.4, -0.2) is 212 Å². The van der Waals surface area contributed by atoms with E-state index in [0.717, 1.165) is 4.90 Å². The molecule has 10 N–H and O–H groups in total. The van der Waals surface area contributed by atoms with E-state index < -0.39 is 126 Å². The predicted octanol–water partition coefficient (Wildman–Crippen LogP) is 4.32. The summed E-state index contributed by atoms with van der Waals surface area (Å²) in [5.74, 6) is -6.45. The van der Waals surface area contributed by atoms with Gasteiger partial charge < -0.3 is 77.0 Å². The maximum Gasteiger partial charge on any atom is 0.410 e. The first-order valence-electron chi connectivity index (χ1n) is 34.1. The number of nitrogens with zero attached hydrogens (tertiary/aromatic N) is 4. The summed E-state index contributed by atoms with van der Waals surface area (Å²) in [4.78, 5) is 165. The molecule has 28 heteroatoms. The minimum Gasteiger partial charge on any atom is -0.445 e. The molecule has 0 aromatic heterocycles. The Bertz CT molecular complexity index is 2950. The number of carbonyl (C=O) groups is 12. The Morgan fingerprint density at radius 2 is 1.32 bits per heavy atom. The number of ketones is 1. The van der Waals surface area contributed by atoms with Crippen LogP contribution in [0.4, 0.5) is 15.3 Å². The number of amides is 12. The van der Waals surface area contributed by atoms with Crippen molar-refractivity contribution in [1.29, 1.82) is 0 Å². The van der Waals surface area contributed by atoms with Crippen LogP contribution < -0.4 is 43.0 Å². The molecule has 548 valence electrons. The highest BCUT2D eigenvalue weighted by Gasteiger charge is 2.44. The Morgan fingerprint density at radius 3 is 1.89 bits per heavy atom. The third kappa shape index (κ3) is 26.5. The molecule has 12 atom stereocenters. The number of aliphatic hydroxyl groups is 1. The van der Waals surface area contributed by atoms with Crippen molar-refractivity contribution in [1.82, 2.24) is 51.5 Å². The number of primary amides is 1. The fraction of sp³-hybridized carbons (Fsp3) is 0.657. The van der Waals surface area contributed by atoms with Gasteiger partial charge in [0.25, 0.3) is 0 Å². The van der Waals surface area contributed by atoms with Crippen molar-refractivity contribution in [3.8, 4) is 0 Å². The topological polar surface area (TPSA) is 376 Å². The number of Topliss-reactive ketones (excluding diaryl/α,β-unsaturated/α-hetero) is 1. The monoisotopic (exact) mass is 1380 g/mol. The second kappa shape index (κ2) is 41.9. The lowest BCUT2D eigenvalue weighted by Gasteiger charge is -2.41. The second-order valence-electron chi connectivity index (χ2n) is 26.7. The van der Waals surface area contributed by atoms with Crippen molar-refractivity contribution in [2.24, 2.45) is 35.3 Å². The van der Waals surface area contributed by atoms with Crippen molar-refractivity contribution in [3.63, 3.8) is 0 Å². The van der Waals surface area contributed by atoms with E-state index in [1.54, 1.807) is 109 Å². The van der Waals surface area contributed by atoms with Crippen LogP contribution in [0, 0.1) is 29.6 Å². The van der Waals surface area contributed by atoms with Crippen LogP contribution in [0.2, 0.25) is 0 Å². The van der Waals surface area contributed by atoms with E-state index in [4.69, 9.17) is 19.9 Å². The minimum absolute atomic E-state index is 0.00518. The number of benzene rings is 2. The van der Waals surface area contributed by atoms with E-state index in [0.29, 0.717) is 42.6 Å². The normalized spacial score (nSPS) is 16.3. The van der Waals surface area contributed by atoms with Crippen LogP contribution in [0.15, 0.2) is 54.6 Å². The number of likely N-dealkylation sites (N-methyl/N-ethyl adjacent to an activating group) is 3. The van der Waals surface area contributed by atoms with Crippen LogP contribution in [0.3, 0.4) is 0 Å². The molecule has 0 spiro atoms. The number of aliphatic hydroxyl groups excluding tert-OH is 1. The van der Waals surface area contributed by atoms with Crippen molar-refractivity contribution >= 4 is 76.8 Å². The fourth-order valence-electron chi connectivity index (χ4n) is 12.1. The minimum atomic E-state index is -1.15. The van der Waals surface area contributed by atoms with E-state index in [1.807, 2.05) is 32.0 Å². The molecule has 1 saturated heterocycles. The highest BCUT2D eigenvalue weighted by molar-refractivity contribution is 5.98. The lowest BCUT2D eigenvalue weighted by molar-refractivity contribution is -0.148. The van der Waals surface area contributed by atoms with Gasteiger partial charge in [-0.3, -0.25) is 52.8 Å². The van der Waals surface area contributed by atoms with Gasteiger partial charge in [-0.05, 0) is 92.9 Å². The molecule has 0 unspecified atom stereocenters. The summed E-state index contributed by atoms with van der Waals surface area (Å²) < 4.78 is 17.7. The van der Waals surface area contributed by atoms with E-state index in [-0.39, 0.29) is 107 Å². The molecule has 0 aliphatic carbocycles. The first kappa shape index (κ1) is 84.0. The summed E-state index contributed by atoms with van der Waals surface area (Å²) in [7, 11) is 7.55. The molecule has 2 aromatic carbocycles. The van der Waals surface area contributed by atoms with Gasteiger partial charge in [-0.25, -0.2) is 9.59 Å². The molecule has 12 amide bonds. The molecule has 1 aliphatic rings. The summed E-state index contributed by atoms with van der Waals surface area (Å²) in [6, 6.07) is 8.50. The van der Waals surface area contributed by atoms with Gasteiger partial charge in [0, 0.05) is 79.9 Å². The molecule has 0 bridgehead atoms. The summed E-state index contributed by atoms with van der Waals surface area (Å²) in [6.45, 7) is 19.6. The Morgan fingerprint density at radius 1 is 0.684 bits per heavy atom. The van der Waals surface area contributed by atoms with Gasteiger partial charge in [-0.1, -0.05) is 111 Å². The standard InChI is InChI=1S/C70H112N12O16/c1-17-44(8)61(53(96-15)38-57(87)82-37-23-27-52(82)63(97-16)46(10)64(89)74-47(11)62(88)49-24-19-18-20-25-49)80(13)68(93)59(42(4)5)78-67(92)60(43(6)7)81(14)70(95)98-40-48-30-32-50(33-31-48)75-65(90)51(26-22-35-73-69(71)94)76-66(91)58(41(2)3)77-55(85)29-21-28-54(84)72-36-34-56(86)79(12)39-45(9)83/h18-20,24-25,30-33,41-44,46-47,51-53,58-63,88H,17,21-23,26-29,34-40H2,1-16H3,(H,72,84)(H,74,89)(H,75,90)(H,76,91)(H,77,85)(H,78,92)(H3,71,73,94)/t44-,46+,47+,51-,52-,53+,58-,59-,60-,61-,62+,63+/m1/s1. The number of hydrogen-bond acceptors (Lipinski definition) is 16. The lowest BCUT2D eigenvalue weighted by atomic mass is 9.89. The van der Waals surface area contributed by atoms with E-state index in [9.17, 15) is 62.6 Å². The SMILES string of the molecule is CC[C@@H](C)[C@H]([C@H](CC(=O)N1CCC[C@@H]1[C@@H](OC)[C@H](C)C(=O)N[C@@H](C)[C@H](O)c1ccccc1)OC)N(C)C(=O)[C@H](NC(=O)[C@@H](C(C)C)N(C)C(=O)OCc1ccc(NC(=O)[C@@H](CCCNC(N)=O)NC(=O)[C@H](NC(=O)CCCC(=O)NCCC(=O)N(C)CC(C)=O)C(C)C)cc1)C(C)C. The molecular weight excluding hydrogens is 1260 g/mol. The number of ether oxygens (including phenoxy) is 3. The van der Waals surface area contributed by atoms with Gasteiger partial charge in [0.2, 0.25) is 53.2 Å². The average molecular weight is 1380 g/mol. The smallest absolute Gasteiger partial charge is 0.410 e. The molecule has 2 aromatic rings. The Balaban J connectivity index is 1.67. The number of hydrogen-bond donors (Lipinski definition) is 9. The molecule has 0 saturated carbocycles. The number of anilines is 1. The largest absolute Gasteiger partial charge is 0.445 e. The van der Waals surface area contributed by atoms with E-state index >= 15 is 0 Å².